The number of halogens is 2. The van der Waals surface area contributed by atoms with Crippen molar-refractivity contribution in [2.24, 2.45) is 0 Å². The average Bonchev–Trinajstić information content (AvgIpc) is 3.18. The number of anilines is 1. The topological polar surface area (TPSA) is 51.5 Å². The van der Waals surface area contributed by atoms with E-state index in [0.29, 0.717) is 28.0 Å². The van der Waals surface area contributed by atoms with Gasteiger partial charge in [-0.3, -0.25) is 4.79 Å². The zero-order valence-corrected chi connectivity index (χ0v) is 21.0. The molecular weight excluding hydrogens is 469 g/mol. The number of nitrogens with one attached hydrogen (secondary N) is 1. The summed E-state index contributed by atoms with van der Waals surface area (Å²) in [5.74, 6) is 0.433. The van der Waals surface area contributed by atoms with Crippen molar-refractivity contribution in [3.8, 4) is 16.9 Å². The minimum absolute atomic E-state index is 0.212. The van der Waals surface area contributed by atoms with E-state index in [0.717, 1.165) is 38.9 Å². The van der Waals surface area contributed by atoms with Gasteiger partial charge in [0.05, 0.1) is 17.9 Å². The van der Waals surface area contributed by atoms with Crippen molar-refractivity contribution in [1.29, 1.82) is 0 Å². The minimum Gasteiger partial charge on any atom is -0.493 e. The molecular formula is C28H25Cl2NO3. The third-order valence-electron chi connectivity index (χ3n) is 5.74. The number of amides is 1. The number of rotatable bonds is 6. The number of hydrogen-bond acceptors (Lipinski definition) is 3. The molecule has 0 aliphatic rings. The van der Waals surface area contributed by atoms with Crippen LogP contribution in [0.1, 0.15) is 30.5 Å². The second-order valence-electron chi connectivity index (χ2n) is 8.17. The van der Waals surface area contributed by atoms with E-state index in [4.69, 9.17) is 32.4 Å². The molecule has 0 radical (unpaired) electrons. The highest BCUT2D eigenvalue weighted by atomic mass is 35.5. The standard InChI is InChI=1S/C28H25Cl2NO3/c1-5-33-26-14-27-23(24(15-34-27)21-9-7-19(29)12-25(21)30)13-22(26)18(4)11-28(32)31-20-8-6-16(2)17(3)10-20/h6-15H,5H2,1-4H3,(H,31,32)/b18-11+. The summed E-state index contributed by atoms with van der Waals surface area (Å²) in [4.78, 5) is 12.8. The first kappa shape index (κ1) is 23.9. The molecule has 4 aromatic rings. The van der Waals surface area contributed by atoms with Gasteiger partial charge in [-0.25, -0.2) is 0 Å². The van der Waals surface area contributed by atoms with Gasteiger partial charge < -0.3 is 14.5 Å². The number of aryl methyl sites for hydroxylation is 2. The molecule has 3 aromatic carbocycles. The SMILES string of the molecule is CCOc1cc2occ(-c3ccc(Cl)cc3Cl)c2cc1/C(C)=C/C(=O)Nc1ccc(C)c(C)c1. The maximum Gasteiger partial charge on any atom is 0.248 e. The molecule has 1 heterocycles. The number of benzene rings is 3. The molecule has 0 aliphatic heterocycles. The molecule has 174 valence electrons. The van der Waals surface area contributed by atoms with Crippen LogP contribution in [0.15, 0.2) is 65.3 Å². The van der Waals surface area contributed by atoms with Crippen molar-refractivity contribution >= 4 is 51.3 Å². The van der Waals surface area contributed by atoms with Gasteiger partial charge in [0.25, 0.3) is 0 Å². The van der Waals surface area contributed by atoms with Crippen molar-refractivity contribution in [2.45, 2.75) is 27.7 Å². The van der Waals surface area contributed by atoms with Crippen LogP contribution in [0.25, 0.3) is 27.7 Å². The second kappa shape index (κ2) is 9.96. The lowest BCUT2D eigenvalue weighted by Gasteiger charge is -2.12. The third-order valence-corrected chi connectivity index (χ3v) is 6.29. The molecule has 4 nitrogen and oxygen atoms in total. The van der Waals surface area contributed by atoms with Crippen LogP contribution >= 0.6 is 23.2 Å². The van der Waals surface area contributed by atoms with Crippen molar-refractivity contribution in [3.63, 3.8) is 0 Å². The fourth-order valence-corrected chi connectivity index (χ4v) is 4.34. The molecule has 34 heavy (non-hydrogen) atoms. The smallest absolute Gasteiger partial charge is 0.248 e. The van der Waals surface area contributed by atoms with E-state index in [1.54, 1.807) is 24.5 Å². The van der Waals surface area contributed by atoms with Crippen molar-refractivity contribution in [3.05, 3.63) is 87.6 Å². The summed E-state index contributed by atoms with van der Waals surface area (Å²) in [6, 6.07) is 15.0. The molecule has 4 rings (SSSR count). The van der Waals surface area contributed by atoms with Gasteiger partial charge in [0.15, 0.2) is 0 Å². The van der Waals surface area contributed by atoms with E-state index in [1.807, 2.05) is 64.1 Å². The zero-order chi connectivity index (χ0) is 24.4. The Morgan fingerprint density at radius 1 is 1.03 bits per heavy atom. The summed E-state index contributed by atoms with van der Waals surface area (Å²) in [6.45, 7) is 8.35. The molecule has 1 N–H and O–H groups in total. The van der Waals surface area contributed by atoms with Crippen LogP contribution in [-0.4, -0.2) is 12.5 Å². The quantitative estimate of drug-likeness (QED) is 0.274. The summed E-state index contributed by atoms with van der Waals surface area (Å²) >= 11 is 12.5. The number of fused-ring (bicyclic) bond motifs is 1. The largest absolute Gasteiger partial charge is 0.493 e. The van der Waals surface area contributed by atoms with Crippen LogP contribution in [0.5, 0.6) is 5.75 Å². The Bertz CT molecular complexity index is 1420. The van der Waals surface area contributed by atoms with Crippen molar-refractivity contribution < 1.29 is 13.9 Å². The number of allylic oxidation sites excluding steroid dienone is 1. The number of carbonyl (C=O) groups excluding carboxylic acids is 1. The minimum atomic E-state index is -0.212. The van der Waals surface area contributed by atoms with Crippen molar-refractivity contribution in [2.75, 3.05) is 11.9 Å². The fraction of sp³-hybridized carbons (Fsp3) is 0.179. The van der Waals surface area contributed by atoms with E-state index < -0.39 is 0 Å². The Labute approximate surface area is 209 Å². The molecule has 1 aromatic heterocycles. The molecule has 0 spiro atoms. The van der Waals surface area contributed by atoms with Gasteiger partial charge in [-0.1, -0.05) is 35.3 Å². The van der Waals surface area contributed by atoms with Crippen molar-refractivity contribution in [1.82, 2.24) is 0 Å². The predicted octanol–water partition coefficient (Wildman–Crippen LogP) is 8.46. The van der Waals surface area contributed by atoms with Crippen LogP contribution < -0.4 is 10.1 Å². The number of carbonyl (C=O) groups is 1. The first-order valence-electron chi connectivity index (χ1n) is 11.0. The monoisotopic (exact) mass is 493 g/mol. The van der Waals surface area contributed by atoms with E-state index in [-0.39, 0.29) is 5.91 Å². The molecule has 6 heteroatoms. The second-order valence-corrected chi connectivity index (χ2v) is 9.01. The maximum atomic E-state index is 12.8. The molecule has 0 atom stereocenters. The van der Waals surface area contributed by atoms with E-state index >= 15 is 0 Å². The predicted molar refractivity (Wildman–Crippen MR) is 141 cm³/mol. The number of ether oxygens (including phenoxy) is 1. The first-order valence-corrected chi connectivity index (χ1v) is 11.7. The van der Waals surface area contributed by atoms with E-state index in [9.17, 15) is 4.79 Å². The highest BCUT2D eigenvalue weighted by molar-refractivity contribution is 6.36. The molecule has 0 unspecified atom stereocenters. The molecule has 0 fully saturated rings. The first-order chi connectivity index (χ1) is 16.3. The molecule has 0 saturated carbocycles. The van der Waals surface area contributed by atoms with Crippen LogP contribution in [0.4, 0.5) is 5.69 Å². The van der Waals surface area contributed by atoms with Crippen LogP contribution in [0, 0.1) is 13.8 Å². The highest BCUT2D eigenvalue weighted by Crippen LogP contribution is 2.40. The van der Waals surface area contributed by atoms with E-state index in [2.05, 4.69) is 5.32 Å². The van der Waals surface area contributed by atoms with Crippen LogP contribution in [-0.2, 0) is 4.79 Å². The van der Waals surface area contributed by atoms with Gasteiger partial charge in [-0.05, 0) is 74.7 Å². The van der Waals surface area contributed by atoms with Gasteiger partial charge >= 0.3 is 0 Å². The summed E-state index contributed by atoms with van der Waals surface area (Å²) in [7, 11) is 0. The van der Waals surface area contributed by atoms with Gasteiger partial charge in [0, 0.05) is 44.9 Å². The van der Waals surface area contributed by atoms with Crippen LogP contribution in [0.2, 0.25) is 10.0 Å². The lowest BCUT2D eigenvalue weighted by Crippen LogP contribution is -2.09. The Morgan fingerprint density at radius 2 is 1.82 bits per heavy atom. The Kier molecular flexibility index (Phi) is 7.01. The van der Waals surface area contributed by atoms with Gasteiger partial charge in [0.1, 0.15) is 11.3 Å². The van der Waals surface area contributed by atoms with Gasteiger partial charge in [-0.2, -0.15) is 0 Å². The van der Waals surface area contributed by atoms with Gasteiger partial charge in [0.2, 0.25) is 5.91 Å². The van der Waals surface area contributed by atoms with Crippen LogP contribution in [0.3, 0.4) is 0 Å². The molecule has 0 saturated heterocycles. The fourth-order valence-electron chi connectivity index (χ4n) is 3.83. The Hall–Kier alpha value is -3.21. The average molecular weight is 494 g/mol. The summed E-state index contributed by atoms with van der Waals surface area (Å²) in [6.07, 6.45) is 3.25. The summed E-state index contributed by atoms with van der Waals surface area (Å²) in [5.41, 5.74) is 6.94. The summed E-state index contributed by atoms with van der Waals surface area (Å²) < 4.78 is 11.7. The molecule has 0 aliphatic carbocycles. The number of hydrogen-bond donors (Lipinski definition) is 1. The zero-order valence-electron chi connectivity index (χ0n) is 19.5. The lowest BCUT2D eigenvalue weighted by molar-refractivity contribution is -0.111. The normalized spacial score (nSPS) is 11.6. The molecule has 0 bridgehead atoms. The molecule has 1 amide bonds. The third kappa shape index (κ3) is 4.98. The Balaban J connectivity index is 1.74. The lowest BCUT2D eigenvalue weighted by atomic mass is 9.99. The number of furan rings is 1. The maximum absolute atomic E-state index is 12.8. The summed E-state index contributed by atoms with van der Waals surface area (Å²) in [5, 5.41) is 4.90. The van der Waals surface area contributed by atoms with E-state index in [1.165, 1.54) is 5.56 Å². The van der Waals surface area contributed by atoms with Gasteiger partial charge in [-0.15, -0.1) is 0 Å². The Morgan fingerprint density at radius 3 is 2.53 bits per heavy atom. The highest BCUT2D eigenvalue weighted by Gasteiger charge is 2.17.